The average Bonchev–Trinajstić information content (AvgIpc) is 2.46. The van der Waals surface area contributed by atoms with Gasteiger partial charge in [0, 0.05) is 6.42 Å². The molecule has 3 heteroatoms. The lowest BCUT2D eigenvalue weighted by Crippen LogP contribution is -2.06. The molecule has 21 heavy (non-hydrogen) atoms. The molecular formula is C18H24O3. The average molecular weight is 288 g/mol. The molecule has 1 N–H and O–H groups in total. The second-order valence-electron chi connectivity index (χ2n) is 4.46. The zero-order chi connectivity index (χ0) is 15.6. The van der Waals surface area contributed by atoms with Crippen LogP contribution in [0.1, 0.15) is 44.9 Å². The van der Waals surface area contributed by atoms with Crippen molar-refractivity contribution in [3.63, 3.8) is 0 Å². The number of hydrogen-bond acceptors (Lipinski definition) is 2. The van der Waals surface area contributed by atoms with Crippen LogP contribution in [0, 0.1) is 23.7 Å². The predicted molar refractivity (Wildman–Crippen MR) is 85.7 cm³/mol. The lowest BCUT2D eigenvalue weighted by Gasteiger charge is -1.96. The van der Waals surface area contributed by atoms with Crippen LogP contribution < -0.4 is 0 Å². The summed E-state index contributed by atoms with van der Waals surface area (Å²) >= 11 is 0. The van der Waals surface area contributed by atoms with Crippen molar-refractivity contribution in [1.29, 1.82) is 0 Å². The third-order valence-corrected chi connectivity index (χ3v) is 2.58. The summed E-state index contributed by atoms with van der Waals surface area (Å²) in [4.78, 5) is 10.1. The molecule has 0 bridgehead atoms. The van der Waals surface area contributed by atoms with Gasteiger partial charge in [0.25, 0.3) is 0 Å². The first-order valence-corrected chi connectivity index (χ1v) is 7.30. The summed E-state index contributed by atoms with van der Waals surface area (Å²) in [5, 5.41) is 8.32. The molecule has 0 aliphatic carbocycles. The minimum Gasteiger partial charge on any atom is -0.480 e. The number of ether oxygens (including phenoxy) is 1. The van der Waals surface area contributed by atoms with Crippen molar-refractivity contribution in [2.24, 2.45) is 0 Å². The number of unbranched alkanes of at least 4 members (excludes halogenated alkanes) is 6. The Morgan fingerprint density at radius 1 is 1.10 bits per heavy atom. The highest BCUT2D eigenvalue weighted by Crippen LogP contribution is 2.07. The second-order valence-corrected chi connectivity index (χ2v) is 4.46. The van der Waals surface area contributed by atoms with E-state index in [9.17, 15) is 4.79 Å². The first kappa shape index (κ1) is 19.0. The largest absolute Gasteiger partial charge is 0.480 e. The minimum absolute atomic E-state index is 0.112. The van der Waals surface area contributed by atoms with Gasteiger partial charge in [0.2, 0.25) is 0 Å². The van der Waals surface area contributed by atoms with Crippen LogP contribution in [-0.4, -0.2) is 24.3 Å². The first-order chi connectivity index (χ1) is 10.3. The molecule has 0 amide bonds. The third kappa shape index (κ3) is 18.0. The molecule has 0 aromatic carbocycles. The second kappa shape index (κ2) is 16.1. The molecule has 0 aromatic rings. The molecule has 0 saturated heterocycles. The van der Waals surface area contributed by atoms with Crippen LogP contribution in [0.5, 0.6) is 0 Å². The van der Waals surface area contributed by atoms with Crippen LogP contribution in [-0.2, 0) is 9.53 Å². The van der Waals surface area contributed by atoms with E-state index in [0.29, 0.717) is 0 Å². The first-order valence-electron chi connectivity index (χ1n) is 7.30. The molecule has 0 radical (unpaired) electrons. The Morgan fingerprint density at radius 2 is 1.81 bits per heavy atom. The zero-order valence-electron chi connectivity index (χ0n) is 12.6. The van der Waals surface area contributed by atoms with E-state index in [0.717, 1.165) is 19.3 Å². The van der Waals surface area contributed by atoms with E-state index >= 15 is 0 Å². The summed E-state index contributed by atoms with van der Waals surface area (Å²) in [5.74, 6) is 10.0. The Morgan fingerprint density at radius 3 is 2.57 bits per heavy atom. The Kier molecular flexibility index (Phi) is 14.6. The van der Waals surface area contributed by atoms with Crippen LogP contribution in [0.25, 0.3) is 0 Å². The van der Waals surface area contributed by atoms with E-state index in [2.05, 4.69) is 36.3 Å². The van der Waals surface area contributed by atoms with Crippen molar-refractivity contribution in [1.82, 2.24) is 0 Å². The van der Waals surface area contributed by atoms with Crippen molar-refractivity contribution in [3.8, 4) is 23.7 Å². The van der Waals surface area contributed by atoms with Crippen molar-refractivity contribution in [2.75, 3.05) is 13.2 Å². The molecule has 0 aromatic heterocycles. The van der Waals surface area contributed by atoms with Crippen LogP contribution in [0.3, 0.4) is 0 Å². The molecule has 0 heterocycles. The summed E-state index contributed by atoms with van der Waals surface area (Å²) < 4.78 is 4.75. The number of carboxylic acid groups (broad SMARTS) is 1. The Balaban J connectivity index is 3.33. The number of carboxylic acids is 1. The number of hydrogen-bond donors (Lipinski definition) is 1. The minimum atomic E-state index is -0.986. The summed E-state index contributed by atoms with van der Waals surface area (Å²) in [6.07, 6.45) is 14.0. The summed E-state index contributed by atoms with van der Waals surface area (Å²) in [7, 11) is 0. The van der Waals surface area contributed by atoms with Gasteiger partial charge in [-0.3, -0.25) is 0 Å². The van der Waals surface area contributed by atoms with E-state index in [1.165, 1.54) is 25.7 Å². The van der Waals surface area contributed by atoms with E-state index in [-0.39, 0.29) is 13.2 Å². The summed E-state index contributed by atoms with van der Waals surface area (Å²) in [6.45, 7) is 3.43. The lowest BCUT2D eigenvalue weighted by molar-refractivity contribution is -0.141. The van der Waals surface area contributed by atoms with E-state index in [4.69, 9.17) is 9.84 Å². The maximum atomic E-state index is 10.1. The number of allylic oxidation sites excluding steroid dienone is 3. The fourth-order valence-electron chi connectivity index (χ4n) is 1.57. The normalized spacial score (nSPS) is 9.52. The lowest BCUT2D eigenvalue weighted by atomic mass is 10.1. The molecule has 0 aliphatic rings. The van der Waals surface area contributed by atoms with E-state index < -0.39 is 5.97 Å². The highest BCUT2D eigenvalue weighted by molar-refractivity contribution is 5.68. The quantitative estimate of drug-likeness (QED) is 0.359. The van der Waals surface area contributed by atoms with Gasteiger partial charge in [0.05, 0.1) is 0 Å². The fraction of sp³-hybridized carbons (Fsp3) is 0.500. The molecule has 3 nitrogen and oxygen atoms in total. The van der Waals surface area contributed by atoms with Gasteiger partial charge in [-0.05, 0) is 31.1 Å². The van der Waals surface area contributed by atoms with Gasteiger partial charge in [-0.2, -0.15) is 0 Å². The van der Waals surface area contributed by atoms with Crippen LogP contribution in [0.4, 0.5) is 0 Å². The third-order valence-electron chi connectivity index (χ3n) is 2.58. The van der Waals surface area contributed by atoms with E-state index in [1.807, 2.05) is 6.08 Å². The van der Waals surface area contributed by atoms with E-state index in [1.54, 1.807) is 6.08 Å². The van der Waals surface area contributed by atoms with Gasteiger partial charge < -0.3 is 9.84 Å². The maximum Gasteiger partial charge on any atom is 0.329 e. The molecule has 0 unspecified atom stereocenters. The van der Waals surface area contributed by atoms with Gasteiger partial charge in [-0.15, -0.1) is 0 Å². The highest BCUT2D eigenvalue weighted by Gasteiger charge is 1.92. The fourth-order valence-corrected chi connectivity index (χ4v) is 1.57. The van der Waals surface area contributed by atoms with Crippen molar-refractivity contribution in [3.05, 3.63) is 24.8 Å². The molecule has 0 aliphatic heterocycles. The molecule has 114 valence electrons. The molecule has 0 atom stereocenters. The standard InChI is InChI=1S/C18H24O3/c1-2-3-4-5-6-7-8-9-10-11-12-13-14-15-16-21-17-18(19)20/h2-4H,1,5-11,16-17H2,(H,19,20). The smallest absolute Gasteiger partial charge is 0.329 e. The van der Waals surface area contributed by atoms with Crippen molar-refractivity contribution >= 4 is 5.97 Å². The molecule has 0 spiro atoms. The van der Waals surface area contributed by atoms with Crippen molar-refractivity contribution in [2.45, 2.75) is 44.9 Å². The number of rotatable bonds is 11. The van der Waals surface area contributed by atoms with Crippen LogP contribution >= 0.6 is 0 Å². The predicted octanol–water partition coefficient (Wildman–Crippen LogP) is 3.57. The Bertz CT molecular complexity index is 427. The number of aliphatic carboxylic acids is 1. The van der Waals surface area contributed by atoms with Gasteiger partial charge in [-0.1, -0.05) is 55.9 Å². The van der Waals surface area contributed by atoms with Crippen LogP contribution in [0.2, 0.25) is 0 Å². The molecule has 0 rings (SSSR count). The summed E-state index contributed by atoms with van der Waals surface area (Å²) in [6, 6.07) is 0. The topological polar surface area (TPSA) is 46.5 Å². The molecule has 0 saturated carbocycles. The maximum absolute atomic E-state index is 10.1. The Hall–Kier alpha value is -1.97. The zero-order valence-corrected chi connectivity index (χ0v) is 12.6. The van der Waals surface area contributed by atoms with Gasteiger partial charge in [0.15, 0.2) is 0 Å². The van der Waals surface area contributed by atoms with Gasteiger partial charge >= 0.3 is 5.97 Å². The van der Waals surface area contributed by atoms with Crippen molar-refractivity contribution < 1.29 is 14.6 Å². The van der Waals surface area contributed by atoms with Crippen LogP contribution in [0.15, 0.2) is 24.8 Å². The van der Waals surface area contributed by atoms with Gasteiger partial charge in [-0.25, -0.2) is 4.79 Å². The Labute approximate surface area is 128 Å². The van der Waals surface area contributed by atoms with Gasteiger partial charge in [0.1, 0.15) is 13.2 Å². The molecular weight excluding hydrogens is 264 g/mol. The molecule has 0 fully saturated rings. The summed E-state index contributed by atoms with van der Waals surface area (Å²) in [5.41, 5.74) is 0. The number of carbonyl (C=O) groups is 1. The monoisotopic (exact) mass is 288 g/mol. The SMILES string of the molecule is C=CC=CCCCCCCCC#CC#CCOCC(=O)O. The highest BCUT2D eigenvalue weighted by atomic mass is 16.5.